The zero-order valence-corrected chi connectivity index (χ0v) is 40.2. The molecule has 0 saturated heterocycles. The van der Waals surface area contributed by atoms with Crippen LogP contribution in [0.3, 0.4) is 0 Å². The molecule has 0 spiro atoms. The van der Waals surface area contributed by atoms with E-state index >= 15 is 0 Å². The number of rotatable bonds is 25. The number of aryl methyl sites for hydroxylation is 2. The first kappa shape index (κ1) is 48.9. The van der Waals surface area contributed by atoms with Gasteiger partial charge in [-0.3, -0.25) is 0 Å². The van der Waals surface area contributed by atoms with Crippen LogP contribution in [0.25, 0.3) is 22.3 Å². The van der Waals surface area contributed by atoms with Gasteiger partial charge in [-0.25, -0.2) is 0 Å². The van der Waals surface area contributed by atoms with Crippen LogP contribution in [-0.2, 0) is 35.2 Å². The molecule has 0 unspecified atom stereocenters. The molecule has 60 heavy (non-hydrogen) atoms. The van der Waals surface area contributed by atoms with E-state index in [9.17, 15) is 0 Å². The summed E-state index contributed by atoms with van der Waals surface area (Å²) in [4.78, 5) is 0. The molecule has 0 aliphatic carbocycles. The molecule has 0 saturated carbocycles. The Kier molecular flexibility index (Phi) is 17.8. The van der Waals surface area contributed by atoms with Crippen LogP contribution in [-0.4, -0.2) is 168 Å². The summed E-state index contributed by atoms with van der Waals surface area (Å²) in [6, 6.07) is 27.4. The highest BCUT2D eigenvalue weighted by molar-refractivity contribution is 5.69. The van der Waals surface area contributed by atoms with Gasteiger partial charge in [0.2, 0.25) is 0 Å². The Morgan fingerprint density at radius 1 is 0.317 bits per heavy atom. The average Bonchev–Trinajstić information content (AvgIpc) is 3.14. The van der Waals surface area contributed by atoms with Gasteiger partial charge in [0.05, 0.1) is 137 Å². The monoisotopic (exact) mass is 827 g/mol. The van der Waals surface area contributed by atoms with Gasteiger partial charge in [0.25, 0.3) is 0 Å². The smallest absolute Gasteiger partial charge is 0.120 e. The average molecular weight is 827 g/mol. The highest BCUT2D eigenvalue weighted by Crippen LogP contribution is 2.30. The maximum atomic E-state index is 6.21. The lowest BCUT2D eigenvalue weighted by Crippen LogP contribution is -2.36. The van der Waals surface area contributed by atoms with Gasteiger partial charge in [-0.2, -0.15) is 0 Å². The Balaban J connectivity index is 1.25. The number of nitrogens with zero attached hydrogens (tertiary/aromatic N) is 4. The second kappa shape index (κ2) is 21.9. The van der Waals surface area contributed by atoms with Gasteiger partial charge >= 0.3 is 0 Å². The predicted molar refractivity (Wildman–Crippen MR) is 252 cm³/mol. The van der Waals surface area contributed by atoms with Gasteiger partial charge in [0, 0.05) is 25.7 Å². The fourth-order valence-electron chi connectivity index (χ4n) is 7.05. The van der Waals surface area contributed by atoms with Crippen molar-refractivity contribution < 1.29 is 36.9 Å². The van der Waals surface area contributed by atoms with Crippen molar-refractivity contribution in [2.75, 3.05) is 150 Å². The quantitative estimate of drug-likeness (QED) is 0.0500. The van der Waals surface area contributed by atoms with Crippen LogP contribution in [0.15, 0.2) is 72.8 Å². The molecule has 4 aromatic carbocycles. The lowest BCUT2D eigenvalue weighted by Gasteiger charge is -2.25. The van der Waals surface area contributed by atoms with Gasteiger partial charge in [-0.05, 0) is 93.7 Å². The zero-order valence-electron chi connectivity index (χ0n) is 40.2. The predicted octanol–water partition coefficient (Wildman–Crippen LogP) is 8.12. The SMILES string of the molecule is Cc1cc(OCCOCCOCCOc2cc(C)cc(-c3cc(CC[N+](C)(C)C)cc(CC[N+](C)(C)C)c3)c2)cc(-c2cc(CC[N+](C)(C)C)cc(CC[N+](C)(C)C)c2)c1. The number of quaternary nitrogens is 4. The number of hydrogen-bond donors (Lipinski definition) is 0. The summed E-state index contributed by atoms with van der Waals surface area (Å²) in [5.41, 5.74) is 12.9. The van der Waals surface area contributed by atoms with E-state index in [0.717, 1.165) is 81.3 Å². The van der Waals surface area contributed by atoms with Crippen molar-refractivity contribution in [3.05, 3.63) is 106 Å². The minimum Gasteiger partial charge on any atom is -0.491 e. The first-order valence-electron chi connectivity index (χ1n) is 22.1. The summed E-state index contributed by atoms with van der Waals surface area (Å²) in [5, 5.41) is 0. The molecule has 0 aliphatic heterocycles. The number of ether oxygens (including phenoxy) is 4. The van der Waals surface area contributed by atoms with Crippen LogP contribution in [0.1, 0.15) is 33.4 Å². The number of hydrogen-bond acceptors (Lipinski definition) is 4. The van der Waals surface area contributed by atoms with E-state index in [1.807, 2.05) is 0 Å². The van der Waals surface area contributed by atoms with Crippen molar-refractivity contribution in [3.8, 4) is 33.8 Å². The molecule has 330 valence electrons. The normalized spacial score (nSPS) is 12.6. The number of likely N-dealkylation sites (N-methyl/N-ethyl adjacent to an activating group) is 4. The summed E-state index contributed by atoms with van der Waals surface area (Å²) >= 11 is 0. The molecule has 0 aromatic heterocycles. The Labute approximate surface area is 365 Å². The van der Waals surface area contributed by atoms with Crippen LogP contribution in [0, 0.1) is 13.8 Å². The van der Waals surface area contributed by atoms with E-state index in [1.54, 1.807) is 0 Å². The Bertz CT molecular complexity index is 1730. The summed E-state index contributed by atoms with van der Waals surface area (Å²) < 4.78 is 28.0. The molecule has 0 heterocycles. The first-order valence-corrected chi connectivity index (χ1v) is 22.1. The second-order valence-electron chi connectivity index (χ2n) is 21.1. The molecule has 8 nitrogen and oxygen atoms in total. The minimum absolute atomic E-state index is 0.482. The molecule has 0 atom stereocenters. The summed E-state index contributed by atoms with van der Waals surface area (Å²) in [7, 11) is 27.1. The molecule has 0 N–H and O–H groups in total. The van der Waals surface area contributed by atoms with Crippen LogP contribution < -0.4 is 9.47 Å². The highest BCUT2D eigenvalue weighted by Gasteiger charge is 2.15. The van der Waals surface area contributed by atoms with Crippen molar-refractivity contribution >= 4 is 0 Å². The Hall–Kier alpha value is -3.76. The minimum atomic E-state index is 0.482. The third kappa shape index (κ3) is 19.3. The van der Waals surface area contributed by atoms with E-state index in [-0.39, 0.29) is 0 Å². The third-order valence-corrected chi connectivity index (χ3v) is 10.5. The third-order valence-electron chi connectivity index (χ3n) is 10.5. The largest absolute Gasteiger partial charge is 0.491 e. The van der Waals surface area contributed by atoms with Gasteiger partial charge in [0.15, 0.2) is 0 Å². The molecule has 0 amide bonds. The molecular weight excluding hydrogens is 745 g/mol. The van der Waals surface area contributed by atoms with E-state index < -0.39 is 0 Å². The van der Waals surface area contributed by atoms with Gasteiger partial charge in [-0.15, -0.1) is 0 Å². The molecule has 0 bridgehead atoms. The van der Waals surface area contributed by atoms with E-state index in [2.05, 4.69) is 171 Å². The molecule has 0 radical (unpaired) electrons. The standard InChI is InChI=1S/C52H82N4O4/c1-41-29-47(49-35-43(15-19-53(3,4)5)33-44(36-49)16-20-54(6,7)8)39-51(31-41)59-27-25-57-23-24-58-26-28-60-52-32-42(2)30-48(40-52)50-37-45(17-21-55(9,10)11)34-46(38-50)18-22-56(12,13)14/h29-40H,15-28H2,1-14H3/q+4. The van der Waals surface area contributed by atoms with Gasteiger partial charge < -0.3 is 36.9 Å². The Morgan fingerprint density at radius 2 is 0.583 bits per heavy atom. The van der Waals surface area contributed by atoms with Crippen molar-refractivity contribution in [3.63, 3.8) is 0 Å². The van der Waals surface area contributed by atoms with Crippen LogP contribution in [0.2, 0.25) is 0 Å². The van der Waals surface area contributed by atoms with E-state index in [1.165, 1.54) is 55.6 Å². The molecule has 8 heteroatoms. The topological polar surface area (TPSA) is 36.9 Å². The lowest BCUT2D eigenvalue weighted by molar-refractivity contribution is -0.870. The van der Waals surface area contributed by atoms with E-state index in [4.69, 9.17) is 18.9 Å². The molecular formula is C52H82N4O4+4. The summed E-state index contributed by atoms with van der Waals surface area (Å²) in [5.74, 6) is 1.75. The maximum absolute atomic E-state index is 6.21. The Morgan fingerprint density at radius 3 is 0.867 bits per heavy atom. The lowest BCUT2D eigenvalue weighted by atomic mass is 9.95. The maximum Gasteiger partial charge on any atom is 0.120 e. The van der Waals surface area contributed by atoms with Crippen LogP contribution in [0.4, 0.5) is 0 Å². The van der Waals surface area contributed by atoms with Crippen molar-refractivity contribution in [1.29, 1.82) is 0 Å². The molecule has 0 fully saturated rings. The van der Waals surface area contributed by atoms with E-state index in [0.29, 0.717) is 39.6 Å². The second-order valence-corrected chi connectivity index (χ2v) is 21.1. The molecule has 4 aromatic rings. The first-order chi connectivity index (χ1) is 28.0. The van der Waals surface area contributed by atoms with Crippen LogP contribution >= 0.6 is 0 Å². The zero-order chi connectivity index (χ0) is 44.1. The van der Waals surface area contributed by atoms with Crippen molar-refractivity contribution in [2.24, 2.45) is 0 Å². The summed E-state index contributed by atoms with van der Waals surface area (Å²) in [6.07, 6.45) is 4.21. The fraction of sp³-hybridized carbons (Fsp3) is 0.538. The molecule has 4 rings (SSSR count). The van der Waals surface area contributed by atoms with Crippen LogP contribution in [0.5, 0.6) is 11.5 Å². The van der Waals surface area contributed by atoms with Gasteiger partial charge in [0.1, 0.15) is 24.7 Å². The molecule has 0 aliphatic rings. The van der Waals surface area contributed by atoms with Crippen molar-refractivity contribution in [1.82, 2.24) is 0 Å². The van der Waals surface area contributed by atoms with Crippen molar-refractivity contribution in [2.45, 2.75) is 39.5 Å². The fourth-order valence-corrected chi connectivity index (χ4v) is 7.05. The number of benzene rings is 4. The summed E-state index contributed by atoms with van der Waals surface area (Å²) in [6.45, 7) is 11.6. The van der Waals surface area contributed by atoms with Gasteiger partial charge in [-0.1, -0.05) is 48.5 Å². The highest BCUT2D eigenvalue weighted by atomic mass is 16.6.